The molecule has 3 aromatic rings. The molecule has 11 heteroatoms. The van der Waals surface area contributed by atoms with Gasteiger partial charge in [0.05, 0.1) is 39.5 Å². The van der Waals surface area contributed by atoms with Crippen LogP contribution in [0.2, 0.25) is 0 Å². The van der Waals surface area contributed by atoms with Gasteiger partial charge in [-0.05, 0) is 30.3 Å². The average molecular weight is 429 g/mol. The summed E-state index contributed by atoms with van der Waals surface area (Å²) in [4.78, 5) is 17.0. The molecule has 0 spiro atoms. The highest BCUT2D eigenvalue weighted by molar-refractivity contribution is 7.99. The molecule has 0 saturated heterocycles. The number of hydrogen-bond donors (Lipinski definition) is 0. The molecule has 4 nitrogen and oxygen atoms in total. The van der Waals surface area contributed by atoms with Crippen molar-refractivity contribution >= 4 is 22.7 Å². The van der Waals surface area contributed by atoms with Crippen molar-refractivity contribution in [3.8, 4) is 11.8 Å². The molecule has 0 unspecified atom stereocenters. The molecule has 0 aliphatic heterocycles. The Morgan fingerprint density at radius 3 is 2.34 bits per heavy atom. The monoisotopic (exact) mass is 429 g/mol. The number of nitriles is 1. The molecule has 0 fully saturated rings. The Kier molecular flexibility index (Phi) is 5.32. The van der Waals surface area contributed by atoms with E-state index in [1.165, 1.54) is 18.2 Å². The summed E-state index contributed by atoms with van der Waals surface area (Å²) in [6.07, 6.45) is -9.95. The SMILES string of the molecule is N#CCSc1nc2ccccc2c(=O)n1-c1cc(C(F)(F)F)ccc1C(F)(F)F. The Morgan fingerprint density at radius 2 is 1.72 bits per heavy atom. The predicted octanol–water partition coefficient (Wildman–Crippen LogP) is 5.04. The van der Waals surface area contributed by atoms with Crippen LogP contribution < -0.4 is 5.56 Å². The summed E-state index contributed by atoms with van der Waals surface area (Å²) in [6.45, 7) is 0. The first kappa shape index (κ1) is 20.7. The molecule has 0 amide bonds. The molecular formula is C18H9F6N3OS. The summed E-state index contributed by atoms with van der Waals surface area (Å²) in [7, 11) is 0. The fourth-order valence-corrected chi connectivity index (χ4v) is 3.32. The number of rotatable bonds is 3. The van der Waals surface area contributed by atoms with Crippen LogP contribution in [0.1, 0.15) is 11.1 Å². The third kappa shape index (κ3) is 4.07. The van der Waals surface area contributed by atoms with Crippen LogP contribution in [-0.4, -0.2) is 15.3 Å². The van der Waals surface area contributed by atoms with Gasteiger partial charge in [0.25, 0.3) is 5.56 Å². The summed E-state index contributed by atoms with van der Waals surface area (Å²) in [5.74, 6) is -0.273. The quantitative estimate of drug-likeness (QED) is 0.333. The van der Waals surface area contributed by atoms with Gasteiger partial charge < -0.3 is 0 Å². The molecule has 2 aromatic carbocycles. The van der Waals surface area contributed by atoms with Crippen molar-refractivity contribution in [2.45, 2.75) is 17.5 Å². The van der Waals surface area contributed by atoms with E-state index >= 15 is 0 Å². The normalized spacial score (nSPS) is 12.2. The van der Waals surface area contributed by atoms with Gasteiger partial charge in [0.2, 0.25) is 0 Å². The predicted molar refractivity (Wildman–Crippen MR) is 93.7 cm³/mol. The molecule has 1 aromatic heterocycles. The van der Waals surface area contributed by atoms with Gasteiger partial charge >= 0.3 is 12.4 Å². The number of para-hydroxylation sites is 1. The van der Waals surface area contributed by atoms with Crippen molar-refractivity contribution in [2.75, 3.05) is 5.75 Å². The molecule has 29 heavy (non-hydrogen) atoms. The van der Waals surface area contributed by atoms with Crippen molar-refractivity contribution in [2.24, 2.45) is 0 Å². The number of aromatic nitrogens is 2. The van der Waals surface area contributed by atoms with Gasteiger partial charge in [0.15, 0.2) is 5.16 Å². The van der Waals surface area contributed by atoms with Gasteiger partial charge in [0, 0.05) is 0 Å². The average Bonchev–Trinajstić information content (AvgIpc) is 2.64. The second-order valence-electron chi connectivity index (χ2n) is 5.73. The molecule has 0 radical (unpaired) electrons. The molecule has 3 rings (SSSR count). The summed E-state index contributed by atoms with van der Waals surface area (Å²) >= 11 is 0.646. The molecule has 0 aliphatic rings. The Morgan fingerprint density at radius 1 is 1.03 bits per heavy atom. The third-order valence-corrected chi connectivity index (χ3v) is 4.69. The van der Waals surface area contributed by atoms with Crippen LogP contribution in [0, 0.1) is 11.3 Å². The minimum atomic E-state index is -5.03. The van der Waals surface area contributed by atoms with E-state index in [1.807, 2.05) is 0 Å². The van der Waals surface area contributed by atoms with Gasteiger partial charge in [-0.25, -0.2) is 4.98 Å². The lowest BCUT2D eigenvalue weighted by atomic mass is 10.1. The van der Waals surface area contributed by atoms with Crippen LogP contribution >= 0.6 is 11.8 Å². The zero-order valence-corrected chi connectivity index (χ0v) is 15.0. The molecule has 1 heterocycles. The number of benzene rings is 2. The summed E-state index contributed by atoms with van der Waals surface area (Å²) < 4.78 is 80.4. The summed E-state index contributed by atoms with van der Waals surface area (Å²) in [5.41, 5.74) is -4.60. The number of thioether (sulfide) groups is 1. The van der Waals surface area contributed by atoms with Crippen LogP contribution in [0.4, 0.5) is 26.3 Å². The Balaban J connectivity index is 2.44. The smallest absolute Gasteiger partial charge is 0.268 e. The molecular weight excluding hydrogens is 420 g/mol. The zero-order chi connectivity index (χ0) is 21.4. The number of fused-ring (bicyclic) bond motifs is 1. The molecule has 0 bridgehead atoms. The van der Waals surface area contributed by atoms with Crippen molar-refractivity contribution in [3.63, 3.8) is 0 Å². The van der Waals surface area contributed by atoms with E-state index in [0.29, 0.717) is 22.4 Å². The van der Waals surface area contributed by atoms with Crippen molar-refractivity contribution in [3.05, 3.63) is 63.9 Å². The standard InChI is InChI=1S/C18H9F6N3OS/c19-17(20,21)10-5-6-12(18(22,23)24)14(9-10)27-15(28)11-3-1-2-4-13(11)26-16(27)29-8-7-25/h1-6,9H,8H2. The first-order valence-corrected chi connectivity index (χ1v) is 8.83. The zero-order valence-electron chi connectivity index (χ0n) is 14.2. The number of halogens is 6. The van der Waals surface area contributed by atoms with Crippen LogP contribution in [0.25, 0.3) is 16.6 Å². The molecule has 0 N–H and O–H groups in total. The number of hydrogen-bond acceptors (Lipinski definition) is 4. The first-order chi connectivity index (χ1) is 13.5. The lowest BCUT2D eigenvalue weighted by Crippen LogP contribution is -2.25. The van der Waals surface area contributed by atoms with Gasteiger partial charge in [-0.1, -0.05) is 23.9 Å². The molecule has 0 aliphatic carbocycles. The fraction of sp³-hybridized carbons (Fsp3) is 0.167. The van der Waals surface area contributed by atoms with E-state index in [2.05, 4.69) is 4.98 Å². The van der Waals surface area contributed by atoms with Crippen molar-refractivity contribution < 1.29 is 26.3 Å². The Bertz CT molecular complexity index is 1180. The fourth-order valence-electron chi connectivity index (χ4n) is 2.65. The topological polar surface area (TPSA) is 58.7 Å². The van der Waals surface area contributed by atoms with Crippen LogP contribution in [-0.2, 0) is 12.4 Å². The first-order valence-electron chi connectivity index (χ1n) is 7.84. The maximum absolute atomic E-state index is 13.5. The minimum absolute atomic E-state index is 0.0701. The van der Waals surface area contributed by atoms with E-state index in [4.69, 9.17) is 5.26 Å². The van der Waals surface area contributed by atoms with E-state index < -0.39 is 34.7 Å². The van der Waals surface area contributed by atoms with Crippen LogP contribution in [0.3, 0.4) is 0 Å². The van der Waals surface area contributed by atoms with Gasteiger partial charge in [-0.2, -0.15) is 31.6 Å². The van der Waals surface area contributed by atoms with E-state index in [1.54, 1.807) is 12.1 Å². The van der Waals surface area contributed by atoms with E-state index in [9.17, 15) is 31.1 Å². The van der Waals surface area contributed by atoms with Crippen molar-refractivity contribution in [1.29, 1.82) is 5.26 Å². The van der Waals surface area contributed by atoms with Gasteiger partial charge in [-0.3, -0.25) is 9.36 Å². The maximum Gasteiger partial charge on any atom is 0.418 e. The summed E-state index contributed by atoms with van der Waals surface area (Å²) in [5, 5.41) is 8.40. The summed E-state index contributed by atoms with van der Waals surface area (Å²) in [6, 6.07) is 8.33. The van der Waals surface area contributed by atoms with Gasteiger partial charge in [0.1, 0.15) is 0 Å². The van der Waals surface area contributed by atoms with E-state index in [-0.39, 0.29) is 33.9 Å². The second kappa shape index (κ2) is 7.44. The molecule has 150 valence electrons. The second-order valence-corrected chi connectivity index (χ2v) is 6.67. The largest absolute Gasteiger partial charge is 0.418 e. The minimum Gasteiger partial charge on any atom is -0.268 e. The molecule has 0 atom stereocenters. The van der Waals surface area contributed by atoms with Gasteiger partial charge in [-0.15, -0.1) is 0 Å². The van der Waals surface area contributed by atoms with Crippen LogP contribution in [0.5, 0.6) is 0 Å². The Labute approximate surface area is 163 Å². The molecule has 0 saturated carbocycles. The highest BCUT2D eigenvalue weighted by Gasteiger charge is 2.38. The maximum atomic E-state index is 13.5. The highest BCUT2D eigenvalue weighted by atomic mass is 32.2. The highest BCUT2D eigenvalue weighted by Crippen LogP contribution is 2.38. The number of nitrogens with zero attached hydrogens (tertiary/aromatic N) is 3. The van der Waals surface area contributed by atoms with E-state index in [0.717, 1.165) is 0 Å². The lowest BCUT2D eigenvalue weighted by molar-refractivity contribution is -0.141. The lowest BCUT2D eigenvalue weighted by Gasteiger charge is -2.19. The van der Waals surface area contributed by atoms with Crippen molar-refractivity contribution in [1.82, 2.24) is 9.55 Å². The van der Waals surface area contributed by atoms with Crippen LogP contribution in [0.15, 0.2) is 52.4 Å². The third-order valence-electron chi connectivity index (χ3n) is 3.88. The Hall–Kier alpha value is -3.00. The number of alkyl halides is 6.